The first-order chi connectivity index (χ1) is 4.76. The second kappa shape index (κ2) is 5.45. The van der Waals surface area contributed by atoms with E-state index in [2.05, 4.69) is 29.1 Å². The maximum absolute atomic E-state index is 8.69. The molecule has 0 amide bonds. The van der Waals surface area contributed by atoms with Crippen molar-refractivity contribution in [2.75, 3.05) is 6.61 Å². The van der Waals surface area contributed by atoms with Gasteiger partial charge in [0.25, 0.3) is 0 Å². The number of halogens is 1. The van der Waals surface area contributed by atoms with Gasteiger partial charge >= 0.3 is 0 Å². The molecule has 0 aliphatic heterocycles. The standard InChI is InChI=1S/C8H11BrO/c1-3-5-7(4-2)8(9)6-10/h3-5,8,10H,1-2,6H2/b7-5+. The molecule has 0 saturated carbocycles. The molecule has 0 aromatic carbocycles. The minimum atomic E-state index is -0.0250. The summed E-state index contributed by atoms with van der Waals surface area (Å²) in [4.78, 5) is -0.0250. The van der Waals surface area contributed by atoms with Gasteiger partial charge in [0.15, 0.2) is 0 Å². The number of allylic oxidation sites excluding steroid dienone is 3. The minimum absolute atomic E-state index is 0.0250. The number of hydrogen-bond acceptors (Lipinski definition) is 1. The monoisotopic (exact) mass is 202 g/mol. The van der Waals surface area contributed by atoms with Crippen molar-refractivity contribution in [3.63, 3.8) is 0 Å². The van der Waals surface area contributed by atoms with Gasteiger partial charge in [-0.25, -0.2) is 0 Å². The van der Waals surface area contributed by atoms with E-state index in [9.17, 15) is 0 Å². The van der Waals surface area contributed by atoms with Crippen LogP contribution in [0.2, 0.25) is 0 Å². The predicted octanol–water partition coefficient (Wildman–Crippen LogP) is 2.04. The van der Waals surface area contributed by atoms with Gasteiger partial charge in [0.2, 0.25) is 0 Å². The molecule has 0 bridgehead atoms. The lowest BCUT2D eigenvalue weighted by Gasteiger charge is -2.04. The van der Waals surface area contributed by atoms with Crippen LogP contribution in [0.15, 0.2) is 37.0 Å². The van der Waals surface area contributed by atoms with Crippen molar-refractivity contribution < 1.29 is 5.11 Å². The number of alkyl halides is 1. The summed E-state index contributed by atoms with van der Waals surface area (Å²) in [6.07, 6.45) is 5.17. The first kappa shape index (κ1) is 9.66. The second-order valence-electron chi connectivity index (χ2n) is 1.76. The van der Waals surface area contributed by atoms with E-state index in [0.29, 0.717) is 0 Å². The zero-order chi connectivity index (χ0) is 7.98. The summed E-state index contributed by atoms with van der Waals surface area (Å²) in [7, 11) is 0. The molecule has 0 radical (unpaired) electrons. The fourth-order valence-electron chi connectivity index (χ4n) is 0.542. The Hall–Kier alpha value is -0.340. The van der Waals surface area contributed by atoms with E-state index in [4.69, 9.17) is 5.11 Å². The van der Waals surface area contributed by atoms with Gasteiger partial charge in [-0.2, -0.15) is 0 Å². The first-order valence-corrected chi connectivity index (χ1v) is 3.87. The summed E-state index contributed by atoms with van der Waals surface area (Å²) in [6.45, 7) is 7.21. The van der Waals surface area contributed by atoms with Gasteiger partial charge in [-0.3, -0.25) is 0 Å². The molecule has 1 atom stereocenters. The Bertz CT molecular complexity index is 149. The highest BCUT2D eigenvalue weighted by Crippen LogP contribution is 2.12. The summed E-state index contributed by atoms with van der Waals surface area (Å²) >= 11 is 3.27. The van der Waals surface area contributed by atoms with Gasteiger partial charge in [0.05, 0.1) is 11.4 Å². The lowest BCUT2D eigenvalue weighted by molar-refractivity contribution is 0.306. The molecule has 0 saturated heterocycles. The molecule has 1 N–H and O–H groups in total. The quantitative estimate of drug-likeness (QED) is 0.547. The maximum Gasteiger partial charge on any atom is 0.0626 e. The molecule has 0 heterocycles. The molecule has 0 aliphatic carbocycles. The SMILES string of the molecule is C=C/C=C(\C=C)C(Br)CO. The van der Waals surface area contributed by atoms with E-state index < -0.39 is 0 Å². The van der Waals surface area contributed by atoms with Crippen LogP contribution >= 0.6 is 15.9 Å². The molecule has 56 valence electrons. The van der Waals surface area contributed by atoms with Crippen LogP contribution in [0.5, 0.6) is 0 Å². The van der Waals surface area contributed by atoms with Crippen molar-refractivity contribution in [3.05, 3.63) is 37.0 Å². The molecular weight excluding hydrogens is 192 g/mol. The normalized spacial score (nSPS) is 14.4. The lowest BCUT2D eigenvalue weighted by atomic mass is 10.2. The zero-order valence-electron chi connectivity index (χ0n) is 5.76. The number of hydrogen-bond donors (Lipinski definition) is 1. The Morgan fingerprint density at radius 3 is 2.50 bits per heavy atom. The molecule has 0 aliphatic rings. The van der Waals surface area contributed by atoms with Crippen LogP contribution in [0.1, 0.15) is 0 Å². The molecule has 2 heteroatoms. The van der Waals surface area contributed by atoms with Crippen LogP contribution in [0.4, 0.5) is 0 Å². The van der Waals surface area contributed by atoms with E-state index in [1.54, 1.807) is 12.2 Å². The van der Waals surface area contributed by atoms with Gasteiger partial charge in [-0.1, -0.05) is 47.3 Å². The Morgan fingerprint density at radius 2 is 2.20 bits per heavy atom. The largest absolute Gasteiger partial charge is 0.395 e. The third-order valence-corrected chi connectivity index (χ3v) is 1.89. The van der Waals surface area contributed by atoms with Crippen molar-refractivity contribution in [2.45, 2.75) is 4.83 Å². The van der Waals surface area contributed by atoms with Crippen molar-refractivity contribution in [1.82, 2.24) is 0 Å². The average Bonchev–Trinajstić information content (AvgIpc) is 1.99. The van der Waals surface area contributed by atoms with Gasteiger partial charge < -0.3 is 5.11 Å². The topological polar surface area (TPSA) is 20.2 Å². The van der Waals surface area contributed by atoms with Gasteiger partial charge in [0, 0.05) is 0 Å². The minimum Gasteiger partial charge on any atom is -0.395 e. The lowest BCUT2D eigenvalue weighted by Crippen LogP contribution is -2.05. The predicted molar refractivity (Wildman–Crippen MR) is 48.3 cm³/mol. The summed E-state index contributed by atoms with van der Waals surface area (Å²) in [5.74, 6) is 0. The van der Waals surface area contributed by atoms with Crippen LogP contribution in [0.3, 0.4) is 0 Å². The summed E-state index contributed by atoms with van der Waals surface area (Å²) in [5, 5.41) is 8.69. The second-order valence-corrected chi connectivity index (χ2v) is 2.86. The molecule has 0 aromatic heterocycles. The van der Waals surface area contributed by atoms with E-state index in [-0.39, 0.29) is 11.4 Å². The van der Waals surface area contributed by atoms with E-state index >= 15 is 0 Å². The van der Waals surface area contributed by atoms with Crippen molar-refractivity contribution in [1.29, 1.82) is 0 Å². The van der Waals surface area contributed by atoms with E-state index in [0.717, 1.165) is 5.57 Å². The molecule has 0 aromatic rings. The Kier molecular flexibility index (Phi) is 5.26. The van der Waals surface area contributed by atoms with Crippen LogP contribution < -0.4 is 0 Å². The summed E-state index contributed by atoms with van der Waals surface area (Å²) in [5.41, 5.74) is 0.942. The smallest absolute Gasteiger partial charge is 0.0626 e. The summed E-state index contributed by atoms with van der Waals surface area (Å²) in [6, 6.07) is 0. The Balaban J connectivity index is 4.18. The molecular formula is C8H11BrO. The third kappa shape index (κ3) is 2.99. The molecule has 0 rings (SSSR count). The number of rotatable bonds is 4. The van der Waals surface area contributed by atoms with Gasteiger partial charge in [0.1, 0.15) is 0 Å². The molecule has 10 heavy (non-hydrogen) atoms. The molecule has 1 unspecified atom stereocenters. The maximum atomic E-state index is 8.69. The van der Waals surface area contributed by atoms with E-state index in [1.807, 2.05) is 6.08 Å². The van der Waals surface area contributed by atoms with Crippen LogP contribution in [0.25, 0.3) is 0 Å². The van der Waals surface area contributed by atoms with Gasteiger partial charge in [-0.05, 0) is 5.57 Å². The molecule has 0 fully saturated rings. The fraction of sp³-hybridized carbons (Fsp3) is 0.250. The molecule has 0 spiro atoms. The number of aliphatic hydroxyl groups is 1. The zero-order valence-corrected chi connectivity index (χ0v) is 7.34. The van der Waals surface area contributed by atoms with Gasteiger partial charge in [-0.15, -0.1) is 0 Å². The Labute approximate surface area is 69.9 Å². The first-order valence-electron chi connectivity index (χ1n) is 2.96. The van der Waals surface area contributed by atoms with E-state index in [1.165, 1.54) is 0 Å². The van der Waals surface area contributed by atoms with Crippen molar-refractivity contribution >= 4 is 15.9 Å². The highest BCUT2D eigenvalue weighted by atomic mass is 79.9. The van der Waals surface area contributed by atoms with Crippen molar-refractivity contribution in [2.24, 2.45) is 0 Å². The van der Waals surface area contributed by atoms with Crippen LogP contribution in [0, 0.1) is 0 Å². The molecule has 1 nitrogen and oxygen atoms in total. The summed E-state index contributed by atoms with van der Waals surface area (Å²) < 4.78 is 0. The highest BCUT2D eigenvalue weighted by molar-refractivity contribution is 9.09. The van der Waals surface area contributed by atoms with Crippen molar-refractivity contribution in [3.8, 4) is 0 Å². The van der Waals surface area contributed by atoms with Crippen LogP contribution in [-0.4, -0.2) is 16.5 Å². The fourth-order valence-corrected chi connectivity index (χ4v) is 0.881. The third-order valence-electron chi connectivity index (χ3n) is 1.07. The Morgan fingerprint density at radius 1 is 1.60 bits per heavy atom. The van der Waals surface area contributed by atoms with Crippen LogP contribution in [-0.2, 0) is 0 Å². The average molecular weight is 203 g/mol. The highest BCUT2D eigenvalue weighted by Gasteiger charge is 2.03. The number of aliphatic hydroxyl groups excluding tert-OH is 1.